The van der Waals surface area contributed by atoms with Crippen molar-refractivity contribution in [3.63, 3.8) is 0 Å². The minimum absolute atomic E-state index is 0.0513. The zero-order chi connectivity index (χ0) is 28.1. The number of amides is 2. The molecule has 2 rings (SSSR count). The summed E-state index contributed by atoms with van der Waals surface area (Å²) in [5.74, 6) is -0.563. The van der Waals surface area contributed by atoms with Gasteiger partial charge in [-0.05, 0) is 68.5 Å². The standard InChI is InChI=1S/C27H37Cl2N3O4S/c1-8-24(26(34)30-27(4,5)6)31(16-19-9-14-22(28)23(29)15-19)25(33)17-32(37(7,35)36)21-12-10-20(11-13-21)18(2)3/h9-15,18,24H,8,16-17H2,1-7H3,(H,30,34)/t24-/m0/s1. The zero-order valence-electron chi connectivity index (χ0n) is 22.5. The van der Waals surface area contributed by atoms with Gasteiger partial charge in [0.25, 0.3) is 0 Å². The van der Waals surface area contributed by atoms with Crippen molar-refractivity contribution in [1.29, 1.82) is 0 Å². The molecule has 7 nitrogen and oxygen atoms in total. The van der Waals surface area contributed by atoms with Crippen LogP contribution in [0.5, 0.6) is 0 Å². The molecule has 0 spiro atoms. The highest BCUT2D eigenvalue weighted by Crippen LogP contribution is 2.26. The topological polar surface area (TPSA) is 86.8 Å². The van der Waals surface area contributed by atoms with Gasteiger partial charge in [0.2, 0.25) is 21.8 Å². The van der Waals surface area contributed by atoms with Crippen LogP contribution in [0.15, 0.2) is 42.5 Å². The van der Waals surface area contributed by atoms with Crippen LogP contribution < -0.4 is 9.62 Å². The van der Waals surface area contributed by atoms with E-state index in [1.165, 1.54) is 4.90 Å². The molecule has 0 unspecified atom stereocenters. The second-order valence-corrected chi connectivity index (χ2v) is 13.2. The summed E-state index contributed by atoms with van der Waals surface area (Å²) in [6.45, 7) is 11.1. The summed E-state index contributed by atoms with van der Waals surface area (Å²) in [7, 11) is -3.80. The summed E-state index contributed by atoms with van der Waals surface area (Å²) in [5, 5.41) is 3.62. The molecule has 0 heterocycles. The van der Waals surface area contributed by atoms with Crippen molar-refractivity contribution >= 4 is 50.7 Å². The van der Waals surface area contributed by atoms with E-state index >= 15 is 0 Å². The van der Waals surface area contributed by atoms with Gasteiger partial charge in [-0.2, -0.15) is 0 Å². The number of benzene rings is 2. The summed E-state index contributed by atoms with van der Waals surface area (Å²) in [6, 6.07) is 11.2. The average Bonchev–Trinajstić information content (AvgIpc) is 2.77. The van der Waals surface area contributed by atoms with E-state index < -0.39 is 34.1 Å². The van der Waals surface area contributed by atoms with Crippen molar-refractivity contribution in [2.45, 2.75) is 72.0 Å². The fraction of sp³-hybridized carbons (Fsp3) is 0.481. The molecule has 0 aromatic heterocycles. The lowest BCUT2D eigenvalue weighted by Gasteiger charge is -2.34. The van der Waals surface area contributed by atoms with Crippen molar-refractivity contribution in [3.05, 3.63) is 63.6 Å². The maximum Gasteiger partial charge on any atom is 0.244 e. The van der Waals surface area contributed by atoms with E-state index in [1.807, 2.05) is 46.8 Å². The van der Waals surface area contributed by atoms with Crippen LogP contribution in [0.1, 0.15) is 65.0 Å². The third-order valence-corrected chi connectivity index (χ3v) is 7.63. The van der Waals surface area contributed by atoms with Gasteiger partial charge in [0.1, 0.15) is 12.6 Å². The van der Waals surface area contributed by atoms with E-state index in [9.17, 15) is 18.0 Å². The van der Waals surface area contributed by atoms with Crippen LogP contribution >= 0.6 is 23.2 Å². The molecule has 0 saturated carbocycles. The number of carbonyl (C=O) groups excluding carboxylic acids is 2. The molecular weight excluding hydrogens is 533 g/mol. The van der Waals surface area contributed by atoms with Crippen LogP contribution in [0, 0.1) is 0 Å². The molecule has 10 heteroatoms. The molecular formula is C27H37Cl2N3O4S. The maximum atomic E-state index is 13.8. The highest BCUT2D eigenvalue weighted by Gasteiger charge is 2.33. The fourth-order valence-electron chi connectivity index (χ4n) is 3.85. The lowest BCUT2D eigenvalue weighted by atomic mass is 10.0. The Morgan fingerprint density at radius 2 is 1.59 bits per heavy atom. The summed E-state index contributed by atoms with van der Waals surface area (Å²) in [4.78, 5) is 28.4. The molecule has 0 radical (unpaired) electrons. The molecule has 0 fully saturated rings. The lowest BCUT2D eigenvalue weighted by molar-refractivity contribution is -0.141. The molecule has 0 aliphatic heterocycles. The largest absolute Gasteiger partial charge is 0.350 e. The van der Waals surface area contributed by atoms with Crippen LogP contribution in [0.3, 0.4) is 0 Å². The van der Waals surface area contributed by atoms with E-state index in [2.05, 4.69) is 5.32 Å². The number of carbonyl (C=O) groups is 2. The van der Waals surface area contributed by atoms with Crippen molar-refractivity contribution in [2.75, 3.05) is 17.1 Å². The number of nitrogens with zero attached hydrogens (tertiary/aromatic N) is 2. The van der Waals surface area contributed by atoms with Crippen molar-refractivity contribution in [1.82, 2.24) is 10.2 Å². The summed E-state index contributed by atoms with van der Waals surface area (Å²) in [5.41, 5.74) is 1.58. The smallest absolute Gasteiger partial charge is 0.244 e. The predicted octanol–water partition coefficient (Wildman–Crippen LogP) is 5.60. The number of hydrogen-bond donors (Lipinski definition) is 1. The highest BCUT2D eigenvalue weighted by atomic mass is 35.5. The number of rotatable bonds is 10. The first-order valence-corrected chi connectivity index (χ1v) is 14.8. The Kier molecular flexibility index (Phi) is 10.5. The van der Waals surface area contributed by atoms with Gasteiger partial charge in [0.05, 0.1) is 22.0 Å². The number of anilines is 1. The number of sulfonamides is 1. The van der Waals surface area contributed by atoms with E-state index in [1.54, 1.807) is 37.3 Å². The van der Waals surface area contributed by atoms with Crippen LogP contribution in [0.25, 0.3) is 0 Å². The van der Waals surface area contributed by atoms with Gasteiger partial charge in [-0.25, -0.2) is 8.42 Å². The first-order chi connectivity index (χ1) is 17.0. The van der Waals surface area contributed by atoms with Gasteiger partial charge in [-0.3, -0.25) is 13.9 Å². The molecule has 2 amide bonds. The Labute approximate surface area is 231 Å². The van der Waals surface area contributed by atoms with Crippen LogP contribution in [0.2, 0.25) is 10.0 Å². The molecule has 1 atom stereocenters. The summed E-state index contributed by atoms with van der Waals surface area (Å²) in [6.07, 6.45) is 1.39. The number of hydrogen-bond acceptors (Lipinski definition) is 4. The van der Waals surface area contributed by atoms with E-state index in [4.69, 9.17) is 23.2 Å². The molecule has 0 aliphatic rings. The highest BCUT2D eigenvalue weighted by molar-refractivity contribution is 7.92. The quantitative estimate of drug-likeness (QED) is 0.403. The Morgan fingerprint density at radius 1 is 1.00 bits per heavy atom. The Balaban J connectivity index is 2.48. The molecule has 0 bridgehead atoms. The van der Waals surface area contributed by atoms with Crippen LogP contribution in [-0.2, 0) is 26.2 Å². The number of halogens is 2. The molecule has 204 valence electrons. The molecule has 37 heavy (non-hydrogen) atoms. The Hall–Kier alpha value is -2.29. The normalized spacial score (nSPS) is 12.8. The lowest BCUT2D eigenvalue weighted by Crippen LogP contribution is -2.55. The van der Waals surface area contributed by atoms with Gasteiger partial charge in [-0.1, -0.05) is 62.2 Å². The van der Waals surface area contributed by atoms with Gasteiger partial charge >= 0.3 is 0 Å². The van der Waals surface area contributed by atoms with E-state index in [-0.39, 0.29) is 18.4 Å². The molecule has 0 saturated heterocycles. The number of nitrogens with one attached hydrogen (secondary N) is 1. The van der Waals surface area contributed by atoms with Crippen LogP contribution in [-0.4, -0.2) is 49.5 Å². The monoisotopic (exact) mass is 569 g/mol. The molecule has 1 N–H and O–H groups in total. The average molecular weight is 571 g/mol. The minimum atomic E-state index is -3.80. The minimum Gasteiger partial charge on any atom is -0.350 e. The summed E-state index contributed by atoms with van der Waals surface area (Å²) < 4.78 is 26.6. The van der Waals surface area contributed by atoms with Gasteiger partial charge < -0.3 is 10.2 Å². The van der Waals surface area contributed by atoms with Crippen molar-refractivity contribution in [3.8, 4) is 0 Å². The Morgan fingerprint density at radius 3 is 2.05 bits per heavy atom. The maximum absolute atomic E-state index is 13.8. The van der Waals surface area contributed by atoms with Crippen molar-refractivity contribution < 1.29 is 18.0 Å². The molecule has 2 aromatic carbocycles. The van der Waals surface area contributed by atoms with Crippen molar-refractivity contribution in [2.24, 2.45) is 0 Å². The molecule has 2 aromatic rings. The van der Waals surface area contributed by atoms with Crippen LogP contribution in [0.4, 0.5) is 5.69 Å². The van der Waals surface area contributed by atoms with Gasteiger partial charge in [0.15, 0.2) is 0 Å². The molecule has 0 aliphatic carbocycles. The second kappa shape index (κ2) is 12.5. The fourth-order valence-corrected chi connectivity index (χ4v) is 5.02. The van der Waals surface area contributed by atoms with Gasteiger partial charge in [0, 0.05) is 12.1 Å². The third kappa shape index (κ3) is 8.90. The zero-order valence-corrected chi connectivity index (χ0v) is 24.8. The van der Waals surface area contributed by atoms with Gasteiger partial charge in [-0.15, -0.1) is 0 Å². The third-order valence-electron chi connectivity index (χ3n) is 5.75. The second-order valence-electron chi connectivity index (χ2n) is 10.4. The summed E-state index contributed by atoms with van der Waals surface area (Å²) >= 11 is 12.3. The van der Waals surface area contributed by atoms with E-state index in [0.717, 1.165) is 16.1 Å². The van der Waals surface area contributed by atoms with E-state index in [0.29, 0.717) is 27.7 Å². The Bertz CT molecular complexity index is 1210. The first kappa shape index (κ1) is 30.9. The predicted molar refractivity (Wildman–Crippen MR) is 152 cm³/mol. The first-order valence-electron chi connectivity index (χ1n) is 12.2. The SMILES string of the molecule is CC[C@@H](C(=O)NC(C)(C)C)N(Cc1ccc(Cl)c(Cl)c1)C(=O)CN(c1ccc(C(C)C)cc1)S(C)(=O)=O.